The number of ketones is 1. The molecule has 1 spiro atoms. The molecule has 4 heterocycles. The molecule has 0 amide bonds. The molecular formula is C58H88O11S. The van der Waals surface area contributed by atoms with Crippen LogP contribution >= 0.6 is 0 Å². The summed E-state index contributed by atoms with van der Waals surface area (Å²) in [6.45, 7) is 27.2. The van der Waals surface area contributed by atoms with Crippen molar-refractivity contribution < 1.29 is 51.5 Å². The first-order chi connectivity index (χ1) is 32.4. The normalized spacial score (nSPS) is 50.5. The molecule has 12 heteroatoms. The maximum Gasteiger partial charge on any atom is 0.397 e. The fourth-order valence-electron chi connectivity index (χ4n) is 21.0. The van der Waals surface area contributed by atoms with Gasteiger partial charge in [0.2, 0.25) is 5.79 Å². The standard InChI is InChI=1S/C58H88O11S/c1-31(36-15-17-38-34-14-19-45-51(5,6)58(62)46(60)29-57(45,30-66-58)41(34)22-24-53(36,38)9)13-20-47-56(12)27-33(52(7,8)69-56)25-43(67-47)32(2)37-16-18-39-35-26-44(68-70(63,64)65)48-50(3,4)49(61)42(59)28-55(48,11)40(35)21-23-54(37,39)10/h19,31-33,36-39,42-44,46-48,59-60,62H,13-18,20-30H2,1-12H3,(H,63,64,65)/t31-,32+,33-,36-,37-,38+,39+,42+,43-,44+,46+,47+,48+,53-,54-,55-,56-,57+,58+/m1/s1. The average molecular weight is 993 g/mol. The lowest BCUT2D eigenvalue weighted by Crippen LogP contribution is -2.70. The van der Waals surface area contributed by atoms with E-state index in [0.29, 0.717) is 49.0 Å². The van der Waals surface area contributed by atoms with Gasteiger partial charge in [-0.2, -0.15) is 8.42 Å². The molecule has 0 aromatic carbocycles. The van der Waals surface area contributed by atoms with Crippen molar-refractivity contribution in [3.63, 3.8) is 0 Å². The Morgan fingerprint density at radius 3 is 2.16 bits per heavy atom. The smallest absolute Gasteiger partial charge is 0.387 e. The molecule has 8 fully saturated rings. The molecule has 12 aliphatic rings. The first kappa shape index (κ1) is 50.7. The maximum absolute atomic E-state index is 13.5. The van der Waals surface area contributed by atoms with Gasteiger partial charge in [0.15, 0.2) is 5.78 Å². The van der Waals surface area contributed by atoms with Crippen molar-refractivity contribution in [1.29, 1.82) is 0 Å². The quantitative estimate of drug-likeness (QED) is 0.135. The van der Waals surface area contributed by atoms with Crippen molar-refractivity contribution in [3.8, 4) is 0 Å². The minimum Gasteiger partial charge on any atom is -0.387 e. The van der Waals surface area contributed by atoms with Gasteiger partial charge in [0.05, 0.1) is 36.1 Å². The van der Waals surface area contributed by atoms with Crippen molar-refractivity contribution in [1.82, 2.24) is 0 Å². The van der Waals surface area contributed by atoms with E-state index in [0.717, 1.165) is 70.6 Å². The highest BCUT2D eigenvalue weighted by atomic mass is 32.3. The zero-order valence-electron chi connectivity index (χ0n) is 44.7. The van der Waals surface area contributed by atoms with Crippen LogP contribution in [-0.4, -0.2) is 88.2 Å². The van der Waals surface area contributed by atoms with E-state index in [4.69, 9.17) is 18.4 Å². The molecule has 0 aromatic heterocycles. The molecule has 4 aliphatic heterocycles. The molecule has 11 nitrogen and oxygen atoms in total. The van der Waals surface area contributed by atoms with Crippen LogP contribution in [0.5, 0.6) is 0 Å². The zero-order chi connectivity index (χ0) is 50.5. The van der Waals surface area contributed by atoms with Gasteiger partial charge in [0, 0.05) is 22.2 Å². The van der Waals surface area contributed by atoms with Crippen LogP contribution in [-0.2, 0) is 33.6 Å². The highest BCUT2D eigenvalue weighted by Crippen LogP contribution is 2.72. The van der Waals surface area contributed by atoms with Crippen LogP contribution in [0, 0.1) is 79.8 Å². The number of carbonyl (C=O) groups excluding carboxylic acids is 1. The largest absolute Gasteiger partial charge is 0.397 e. The van der Waals surface area contributed by atoms with Gasteiger partial charge in [-0.3, -0.25) is 9.35 Å². The van der Waals surface area contributed by atoms with E-state index in [2.05, 4.69) is 75.3 Å². The predicted octanol–water partition coefficient (Wildman–Crippen LogP) is 10.4. The Bertz CT molecular complexity index is 2420. The molecular weight excluding hydrogens is 905 g/mol. The third kappa shape index (κ3) is 6.83. The monoisotopic (exact) mass is 993 g/mol. The molecule has 4 N–H and O–H groups in total. The van der Waals surface area contributed by atoms with E-state index in [9.17, 15) is 33.1 Å². The van der Waals surface area contributed by atoms with E-state index in [1.165, 1.54) is 35.1 Å². The molecule has 70 heavy (non-hydrogen) atoms. The summed E-state index contributed by atoms with van der Waals surface area (Å²) < 4.78 is 61.6. The summed E-state index contributed by atoms with van der Waals surface area (Å²) in [5.74, 6) is 0.535. The average Bonchev–Trinajstić information content (AvgIpc) is 3.83. The second-order valence-corrected chi connectivity index (χ2v) is 29.5. The Morgan fingerprint density at radius 1 is 0.843 bits per heavy atom. The second kappa shape index (κ2) is 15.8. The first-order valence-corrected chi connectivity index (χ1v) is 29.2. The summed E-state index contributed by atoms with van der Waals surface area (Å²) in [6.07, 6.45) is 14.0. The molecule has 0 aromatic rings. The fraction of sp³-hybridized carbons (Fsp3) is 0.879. The number of carbonyl (C=O) groups is 1. The van der Waals surface area contributed by atoms with E-state index >= 15 is 0 Å². The molecule has 4 saturated carbocycles. The van der Waals surface area contributed by atoms with Crippen molar-refractivity contribution in [3.05, 3.63) is 33.9 Å². The number of Topliss-reactive ketones (excluding diaryl/α,β-unsaturated/α-hetero) is 1. The number of hydrogen-bond acceptors (Lipinski definition) is 10. The predicted molar refractivity (Wildman–Crippen MR) is 266 cm³/mol. The number of aliphatic hydroxyl groups excluding tert-OH is 2. The van der Waals surface area contributed by atoms with Crippen LogP contribution in [0.4, 0.5) is 0 Å². The van der Waals surface area contributed by atoms with Gasteiger partial charge in [-0.15, -0.1) is 0 Å². The highest BCUT2D eigenvalue weighted by molar-refractivity contribution is 7.80. The number of rotatable bonds is 8. The molecule has 8 aliphatic carbocycles. The minimum absolute atomic E-state index is 0.0325. The number of aliphatic hydroxyl groups is 3. The van der Waals surface area contributed by atoms with Crippen LogP contribution < -0.4 is 0 Å². The first-order valence-electron chi connectivity index (χ1n) is 27.8. The number of fused-ring (bicyclic) bond motifs is 10. The molecule has 0 radical (unpaired) electrons. The van der Waals surface area contributed by atoms with E-state index < -0.39 is 56.7 Å². The molecule has 4 saturated heterocycles. The summed E-state index contributed by atoms with van der Waals surface area (Å²) in [7, 11) is -4.81. The van der Waals surface area contributed by atoms with Gasteiger partial charge in [-0.1, -0.05) is 96.3 Å². The fourth-order valence-corrected chi connectivity index (χ4v) is 21.5. The van der Waals surface area contributed by atoms with Crippen LogP contribution in [0.15, 0.2) is 33.9 Å². The van der Waals surface area contributed by atoms with Crippen molar-refractivity contribution in [2.75, 3.05) is 6.61 Å². The summed E-state index contributed by atoms with van der Waals surface area (Å²) >= 11 is 0. The Labute approximate surface area is 419 Å². The Hall–Kier alpha value is -1.48. The van der Waals surface area contributed by atoms with Gasteiger partial charge >= 0.3 is 10.4 Å². The molecule has 0 unspecified atom stereocenters. The minimum atomic E-state index is -4.81. The lowest BCUT2D eigenvalue weighted by atomic mass is 9.45. The van der Waals surface area contributed by atoms with E-state index in [1.807, 2.05) is 0 Å². The SMILES string of the molecule is C[C@@H]([C@H]1CC[C@H]2C3=C(CC[C@]12C)[C@@]1(C)C[C@H](O)C(=O)C(C)(C)[C@@H]1[C@@H](OS(=O)(=O)O)C3)[C@H]1C[C@@H]2C[C@@](C)(OC2(C)C)[C@H](CC[C@@H](C)[C@H]2CC[C@H]3C4=C(CC[C@]23C)[C@@]23CO[C@@](O)([C@@H](O)C2)C(C)(C)C3=CC4)O1. The highest BCUT2D eigenvalue weighted by Gasteiger charge is 2.70. The van der Waals surface area contributed by atoms with E-state index in [-0.39, 0.29) is 63.7 Å². The lowest BCUT2D eigenvalue weighted by molar-refractivity contribution is -0.359. The third-order valence-electron chi connectivity index (χ3n) is 24.2. The van der Waals surface area contributed by atoms with Crippen molar-refractivity contribution in [2.45, 2.75) is 233 Å². The second-order valence-electron chi connectivity index (χ2n) is 28.4. The Morgan fingerprint density at radius 2 is 1.49 bits per heavy atom. The van der Waals surface area contributed by atoms with Gasteiger partial charge in [-0.05, 0) is 181 Å². The summed E-state index contributed by atoms with van der Waals surface area (Å²) in [4.78, 5) is 13.5. The van der Waals surface area contributed by atoms with Crippen LogP contribution in [0.25, 0.3) is 0 Å². The summed E-state index contributed by atoms with van der Waals surface area (Å²) in [5, 5.41) is 34.2. The van der Waals surface area contributed by atoms with E-state index in [1.54, 1.807) is 19.4 Å². The number of hydrogen-bond donors (Lipinski definition) is 4. The topological polar surface area (TPSA) is 169 Å². The van der Waals surface area contributed by atoms with Gasteiger partial charge in [0.25, 0.3) is 0 Å². The number of allylic oxidation sites excluding steroid dienone is 3. The van der Waals surface area contributed by atoms with Crippen molar-refractivity contribution in [2.24, 2.45) is 79.8 Å². The molecule has 392 valence electrons. The van der Waals surface area contributed by atoms with Gasteiger partial charge in [-0.25, -0.2) is 4.18 Å². The van der Waals surface area contributed by atoms with Crippen molar-refractivity contribution >= 4 is 16.2 Å². The van der Waals surface area contributed by atoms with Crippen LogP contribution in [0.2, 0.25) is 0 Å². The Kier molecular flexibility index (Phi) is 11.4. The molecule has 12 rings (SSSR count). The maximum atomic E-state index is 13.5. The van der Waals surface area contributed by atoms with Crippen LogP contribution in [0.3, 0.4) is 0 Å². The molecule has 19 atom stereocenters. The third-order valence-corrected chi connectivity index (χ3v) is 24.7. The lowest BCUT2D eigenvalue weighted by Gasteiger charge is -2.65. The summed E-state index contributed by atoms with van der Waals surface area (Å²) in [6, 6.07) is 0. The molecule has 4 bridgehead atoms. The Balaban J connectivity index is 0.823. The zero-order valence-corrected chi connectivity index (χ0v) is 45.5. The summed E-state index contributed by atoms with van der Waals surface area (Å²) in [5.41, 5.74) is 3.76. The van der Waals surface area contributed by atoms with Gasteiger partial charge < -0.3 is 29.5 Å². The van der Waals surface area contributed by atoms with Gasteiger partial charge in [0.1, 0.15) is 12.2 Å². The number of ether oxygens (including phenoxy) is 3. The van der Waals surface area contributed by atoms with Crippen LogP contribution in [0.1, 0.15) is 186 Å².